The van der Waals surface area contributed by atoms with Crippen LogP contribution >= 0.6 is 11.1 Å². The van der Waals surface area contributed by atoms with Crippen LogP contribution < -0.4 is 53.5 Å². The molecule has 0 radical (unpaired) electrons. The first-order chi connectivity index (χ1) is 3.41. The molecule has 0 rings (SSSR count). The van der Waals surface area contributed by atoms with Crippen molar-refractivity contribution in [1.29, 1.82) is 5.26 Å². The first-order valence-electron chi connectivity index (χ1n) is 2.41. The van der Waals surface area contributed by atoms with E-state index in [4.69, 9.17) is 16.3 Å². The normalized spacial score (nSPS) is 6.80. The van der Waals surface area contributed by atoms with Gasteiger partial charge in [-0.1, -0.05) is 19.6 Å². The Hall–Kier alpha value is 1.73. The molecule has 0 saturated heterocycles. The van der Waals surface area contributed by atoms with E-state index in [9.17, 15) is 0 Å². The van der Waals surface area contributed by atoms with Crippen molar-refractivity contribution < 1.29 is 53.5 Å². The fourth-order valence-corrected chi connectivity index (χ4v) is 0. The molecular weight excluding hydrogens is 287 g/mol. The second-order valence-electron chi connectivity index (χ2n) is 2.29. The van der Waals surface area contributed by atoms with Crippen LogP contribution in [0.4, 0.5) is 0 Å². The molecule has 0 heterocycles. The summed E-state index contributed by atoms with van der Waals surface area (Å²) in [6.45, 7) is 7.71. The van der Waals surface area contributed by atoms with Gasteiger partial charge >= 0.3 is 29.6 Å². The maximum Gasteiger partial charge on any atom is 1.00 e. The third-order valence-electron chi connectivity index (χ3n) is 0. The number of hydrogen-bond donors (Lipinski definition) is 0. The van der Waals surface area contributed by atoms with E-state index in [1.807, 2.05) is 0 Å². The van der Waals surface area contributed by atoms with Gasteiger partial charge in [0.15, 0.2) is 0 Å². The van der Waals surface area contributed by atoms with E-state index in [1.54, 1.807) is 6.07 Å². The van der Waals surface area contributed by atoms with E-state index in [0.29, 0.717) is 0 Å². The van der Waals surface area contributed by atoms with Gasteiger partial charge in [-0.2, -0.15) is 16.3 Å². The Morgan fingerprint density at radius 1 is 1.30 bits per heavy atom. The van der Waals surface area contributed by atoms with Crippen LogP contribution in [0.5, 0.6) is 0 Å². The van der Waals surface area contributed by atoms with Crippen LogP contribution in [0.25, 0.3) is 0 Å². The molecule has 0 atom stereocenters. The second-order valence-corrected chi connectivity index (χ2v) is 9.83. The van der Waals surface area contributed by atoms with E-state index in [1.165, 1.54) is 6.92 Å². The summed E-state index contributed by atoms with van der Waals surface area (Å²) in [5.74, 6) is 0. The van der Waals surface area contributed by atoms with Gasteiger partial charge in [0.25, 0.3) is 0 Å². The molecule has 0 amide bonds. The first-order valence-corrected chi connectivity index (χ1v) is 6.92. The minimum Gasteiger partial charge on any atom is -1.00 e. The molecule has 56 valence electrons. The molecule has 0 bridgehead atoms. The Balaban J connectivity index is -0.0000000326. The quantitative estimate of drug-likeness (QED) is 0.260. The molecule has 0 spiro atoms. The molecule has 10 heavy (non-hydrogen) atoms. The van der Waals surface area contributed by atoms with Gasteiger partial charge in [-0.15, -0.1) is 0 Å². The molecular formula is C5H12ClINNaSi. The largest absolute Gasteiger partial charge is 1.00 e. The van der Waals surface area contributed by atoms with Crippen LogP contribution in [-0.2, 0) is 0 Å². The summed E-state index contributed by atoms with van der Waals surface area (Å²) in [5.41, 5.74) is 0. The average molecular weight is 300 g/mol. The van der Waals surface area contributed by atoms with Crippen LogP contribution in [0.3, 0.4) is 0 Å². The monoisotopic (exact) mass is 299 g/mol. The summed E-state index contributed by atoms with van der Waals surface area (Å²) in [4.78, 5) is 0. The molecule has 1 nitrogen and oxygen atoms in total. The van der Waals surface area contributed by atoms with Gasteiger partial charge in [0.1, 0.15) is 7.38 Å². The van der Waals surface area contributed by atoms with Gasteiger partial charge in [0.05, 0.1) is 6.07 Å². The fraction of sp³-hybridized carbons (Fsp3) is 0.800. The molecule has 5 heteroatoms. The summed E-state index contributed by atoms with van der Waals surface area (Å²) in [7, 11) is -1.14. The minimum atomic E-state index is -1.14. The van der Waals surface area contributed by atoms with Crippen LogP contribution in [0.15, 0.2) is 0 Å². The molecule has 0 aliphatic heterocycles. The van der Waals surface area contributed by atoms with Crippen molar-refractivity contribution in [3.8, 4) is 6.07 Å². The van der Waals surface area contributed by atoms with Crippen molar-refractivity contribution in [2.24, 2.45) is 0 Å². The van der Waals surface area contributed by atoms with Gasteiger partial charge in [0, 0.05) is 6.92 Å². The van der Waals surface area contributed by atoms with Gasteiger partial charge in [-0.05, 0) is 0 Å². The van der Waals surface area contributed by atoms with E-state index in [2.05, 4.69) is 19.6 Å². The summed E-state index contributed by atoms with van der Waals surface area (Å²) < 4.78 is 0. The smallest absolute Gasteiger partial charge is 1.00 e. The van der Waals surface area contributed by atoms with Gasteiger partial charge in [-0.25, -0.2) is 0 Å². The number of hydrogen-bond acceptors (Lipinski definition) is 1. The van der Waals surface area contributed by atoms with E-state index < -0.39 is 7.38 Å². The zero-order chi connectivity index (χ0) is 7.21. The number of nitriles is 1. The van der Waals surface area contributed by atoms with Gasteiger partial charge in [0.2, 0.25) is 0 Å². The zero-order valence-electron chi connectivity index (χ0n) is 7.20. The van der Waals surface area contributed by atoms with Crippen LogP contribution in [0.1, 0.15) is 6.92 Å². The number of rotatable bonds is 0. The Bertz CT molecular complexity index is 82.6. The van der Waals surface area contributed by atoms with Crippen molar-refractivity contribution in [1.82, 2.24) is 0 Å². The molecule has 0 saturated carbocycles. The standard InChI is InChI=1S/C3H9ClSi.C2H3N.HI.Na/c1-5(2,3)4;1-2-3;;/h1-3H3;1H3;1H;/q;;;+1/p-1. The van der Waals surface area contributed by atoms with Gasteiger partial charge in [-0.3, -0.25) is 0 Å². The molecule has 0 aromatic carbocycles. The van der Waals surface area contributed by atoms with E-state index in [-0.39, 0.29) is 53.5 Å². The first kappa shape index (κ1) is 22.6. The minimum absolute atomic E-state index is 0. The number of halogens is 2. The van der Waals surface area contributed by atoms with Crippen molar-refractivity contribution >= 4 is 18.5 Å². The fourth-order valence-electron chi connectivity index (χ4n) is 0. The van der Waals surface area contributed by atoms with E-state index >= 15 is 0 Å². The Morgan fingerprint density at radius 3 is 1.30 bits per heavy atom. The maximum absolute atomic E-state index is 7.32. The molecule has 0 aliphatic carbocycles. The predicted octanol–water partition coefficient (Wildman–Crippen LogP) is -3.40. The summed E-state index contributed by atoms with van der Waals surface area (Å²) in [6.07, 6.45) is 0. The summed E-state index contributed by atoms with van der Waals surface area (Å²) in [5, 5.41) is 7.32. The summed E-state index contributed by atoms with van der Waals surface area (Å²) in [6, 6.07) is 1.75. The topological polar surface area (TPSA) is 23.8 Å². The Morgan fingerprint density at radius 2 is 1.30 bits per heavy atom. The van der Waals surface area contributed by atoms with Crippen LogP contribution in [0.2, 0.25) is 19.6 Å². The van der Waals surface area contributed by atoms with Crippen LogP contribution in [-0.4, -0.2) is 7.38 Å². The van der Waals surface area contributed by atoms with Gasteiger partial charge < -0.3 is 24.0 Å². The Kier molecular flexibility index (Phi) is 30.1. The number of nitrogens with zero attached hydrogens (tertiary/aromatic N) is 1. The SMILES string of the molecule is CC#N.C[Si](C)(C)Cl.[I-].[Na+]. The van der Waals surface area contributed by atoms with Crippen molar-refractivity contribution in [3.05, 3.63) is 0 Å². The zero-order valence-corrected chi connectivity index (χ0v) is 13.1. The molecule has 0 aromatic rings. The molecule has 0 fully saturated rings. The molecule has 0 unspecified atom stereocenters. The third-order valence-corrected chi connectivity index (χ3v) is 0. The third kappa shape index (κ3) is 248. The van der Waals surface area contributed by atoms with E-state index in [0.717, 1.165) is 0 Å². The molecule has 0 aromatic heterocycles. The summed E-state index contributed by atoms with van der Waals surface area (Å²) >= 11 is 5.67. The molecule has 0 N–H and O–H groups in total. The predicted molar refractivity (Wildman–Crippen MR) is 40.5 cm³/mol. The second kappa shape index (κ2) is 13.3. The van der Waals surface area contributed by atoms with Crippen LogP contribution in [0, 0.1) is 11.3 Å². The van der Waals surface area contributed by atoms with Crippen molar-refractivity contribution in [3.63, 3.8) is 0 Å². The average Bonchev–Trinajstić information content (AvgIpc) is 1.27. The van der Waals surface area contributed by atoms with Crippen molar-refractivity contribution in [2.45, 2.75) is 26.6 Å². The molecule has 0 aliphatic rings. The Labute approximate surface area is 109 Å². The maximum atomic E-state index is 7.32. The van der Waals surface area contributed by atoms with Crippen molar-refractivity contribution in [2.75, 3.05) is 0 Å².